The van der Waals surface area contributed by atoms with E-state index in [-0.39, 0.29) is 5.82 Å². The molecule has 1 aliphatic carbocycles. The van der Waals surface area contributed by atoms with E-state index in [1.165, 1.54) is 31.3 Å². The van der Waals surface area contributed by atoms with Crippen LogP contribution < -0.4 is 9.22 Å². The first-order valence-corrected chi connectivity index (χ1v) is 13.7. The van der Waals surface area contributed by atoms with E-state index in [4.69, 9.17) is 4.74 Å². The molecular formula is C25H21AsBrFN3O3. The number of hydrogen-bond donors (Lipinski definition) is 1. The number of ether oxygens (including phenoxy) is 1. The van der Waals surface area contributed by atoms with Crippen LogP contribution in [0.25, 0.3) is 16.6 Å². The minimum absolute atomic E-state index is 0.306. The molecule has 2 aromatic heterocycles. The van der Waals surface area contributed by atoms with E-state index < -0.39 is 26.4 Å². The van der Waals surface area contributed by atoms with Crippen LogP contribution in [0.2, 0.25) is 4.71 Å². The first-order chi connectivity index (χ1) is 16.5. The van der Waals surface area contributed by atoms with Crippen molar-refractivity contribution in [1.82, 2.24) is 14.6 Å². The summed E-state index contributed by atoms with van der Waals surface area (Å²) < 4.78 is 22.0. The van der Waals surface area contributed by atoms with Crippen LogP contribution >= 0.6 is 15.9 Å². The third-order valence-electron chi connectivity index (χ3n) is 5.77. The number of aliphatic carboxylic acids is 1. The summed E-state index contributed by atoms with van der Waals surface area (Å²) in [6.45, 7) is 0.679. The van der Waals surface area contributed by atoms with E-state index in [1.54, 1.807) is 16.6 Å². The van der Waals surface area contributed by atoms with Crippen LogP contribution in [0.5, 0.6) is 5.75 Å². The van der Waals surface area contributed by atoms with Gasteiger partial charge in [-0.05, 0) is 0 Å². The molecule has 6 nitrogen and oxygen atoms in total. The summed E-state index contributed by atoms with van der Waals surface area (Å²) in [5.74, 6) is 0.220. The fourth-order valence-electron chi connectivity index (χ4n) is 3.74. The summed E-state index contributed by atoms with van der Waals surface area (Å²) in [4.78, 5) is 16.7. The fraction of sp³-hybridized carbons (Fsp3) is 0.240. The Morgan fingerprint density at radius 2 is 2.00 bits per heavy atom. The van der Waals surface area contributed by atoms with Gasteiger partial charge in [0.1, 0.15) is 0 Å². The van der Waals surface area contributed by atoms with Crippen molar-refractivity contribution in [3.63, 3.8) is 0 Å². The third-order valence-corrected chi connectivity index (χ3v) is 9.27. The quantitative estimate of drug-likeness (QED) is 0.293. The number of carboxylic acid groups (broad SMARTS) is 1. The molecule has 0 spiro atoms. The van der Waals surface area contributed by atoms with Gasteiger partial charge >= 0.3 is 212 Å². The molecule has 173 valence electrons. The molecule has 0 aliphatic heterocycles. The number of aromatic nitrogens is 3. The van der Waals surface area contributed by atoms with E-state index in [1.807, 2.05) is 30.5 Å². The van der Waals surface area contributed by atoms with E-state index in [0.29, 0.717) is 18.9 Å². The maximum absolute atomic E-state index is 13.4. The van der Waals surface area contributed by atoms with Crippen LogP contribution in [-0.2, 0) is 11.2 Å². The molecule has 1 fully saturated rings. The molecule has 1 atom stereocenters. The van der Waals surface area contributed by atoms with Crippen LogP contribution in [0, 0.1) is 11.7 Å². The van der Waals surface area contributed by atoms with Crippen molar-refractivity contribution in [2.75, 3.05) is 6.61 Å². The van der Waals surface area contributed by atoms with Crippen molar-refractivity contribution >= 4 is 47.6 Å². The number of hydrogen-bond acceptors (Lipinski definition) is 4. The summed E-state index contributed by atoms with van der Waals surface area (Å²) in [6.07, 6.45) is 6.05. The Morgan fingerprint density at radius 3 is 2.74 bits per heavy atom. The Bertz CT molecular complexity index is 1340. The molecule has 0 amide bonds. The molecule has 1 N–H and O–H groups in total. The zero-order chi connectivity index (χ0) is 23.7. The van der Waals surface area contributed by atoms with Gasteiger partial charge in [-0.25, -0.2) is 0 Å². The average molecular weight is 585 g/mol. The van der Waals surface area contributed by atoms with E-state index in [0.717, 1.165) is 36.9 Å². The molecule has 34 heavy (non-hydrogen) atoms. The van der Waals surface area contributed by atoms with Gasteiger partial charge in [-0.1, -0.05) is 0 Å². The van der Waals surface area contributed by atoms with Crippen molar-refractivity contribution in [3.8, 4) is 16.9 Å². The number of para-hydroxylation sites is 1. The monoisotopic (exact) mass is 584 g/mol. The van der Waals surface area contributed by atoms with Gasteiger partial charge in [-0.15, -0.1) is 0 Å². The molecule has 0 bridgehead atoms. The summed E-state index contributed by atoms with van der Waals surface area (Å²) in [5, 5.41) is 14.4. The van der Waals surface area contributed by atoms with E-state index >= 15 is 0 Å². The van der Waals surface area contributed by atoms with Gasteiger partial charge < -0.3 is 0 Å². The standard InChI is InChI=1S/C25H21AsBrFN3O3/c27-22-19(16-7-9-18(28)10-8-16)12-31-23(22)24(29-14-30-31)26-20(25(32)33)11-17-3-1-2-4-21(17)34-13-15-5-6-15/h1-4,7-10,12,14-15,20H,5-6,11,13H2,(H,32,33). The predicted molar refractivity (Wildman–Crippen MR) is 131 cm³/mol. The first kappa shape index (κ1) is 23.1. The second-order valence-corrected chi connectivity index (χ2v) is 11.8. The Balaban J connectivity index is 1.44. The van der Waals surface area contributed by atoms with Gasteiger partial charge in [-0.3, -0.25) is 0 Å². The van der Waals surface area contributed by atoms with E-state index in [2.05, 4.69) is 26.0 Å². The number of halogens is 2. The minimum atomic E-state index is -0.852. The molecular weight excluding hydrogens is 564 g/mol. The number of benzene rings is 2. The molecule has 2 aromatic carbocycles. The molecule has 1 saturated carbocycles. The van der Waals surface area contributed by atoms with Crippen molar-refractivity contribution in [2.45, 2.75) is 24.0 Å². The second kappa shape index (κ2) is 9.88. The number of carbonyl (C=O) groups is 1. The third kappa shape index (κ3) is 5.03. The van der Waals surface area contributed by atoms with Crippen molar-refractivity contribution in [1.29, 1.82) is 0 Å². The second-order valence-electron chi connectivity index (χ2n) is 8.29. The first-order valence-electron chi connectivity index (χ1n) is 10.9. The van der Waals surface area contributed by atoms with Gasteiger partial charge in [-0.2, -0.15) is 0 Å². The Labute approximate surface area is 211 Å². The van der Waals surface area contributed by atoms with Crippen LogP contribution in [-0.4, -0.2) is 48.0 Å². The van der Waals surface area contributed by atoms with Crippen LogP contribution in [0.15, 0.2) is 65.5 Å². The van der Waals surface area contributed by atoms with Gasteiger partial charge in [0, 0.05) is 0 Å². The fourth-order valence-corrected chi connectivity index (χ4v) is 7.18. The van der Waals surface area contributed by atoms with Crippen molar-refractivity contribution in [2.24, 2.45) is 5.92 Å². The predicted octanol–water partition coefficient (Wildman–Crippen LogP) is 4.53. The van der Waals surface area contributed by atoms with Crippen LogP contribution in [0.1, 0.15) is 18.4 Å². The summed E-state index contributed by atoms with van der Waals surface area (Å²) in [5.41, 5.74) is 3.31. The number of carboxylic acids is 1. The molecule has 9 heteroatoms. The zero-order valence-corrected chi connectivity index (χ0v) is 21.5. The number of fused-ring (bicyclic) bond motifs is 1. The molecule has 4 aromatic rings. The SMILES string of the molecule is O=C(O)C(Cc1ccccc1OCC1CC1)[As]c1ncnn2cc(-c3ccc(F)cc3)c(Br)c12. The van der Waals surface area contributed by atoms with Crippen molar-refractivity contribution in [3.05, 3.63) is 76.9 Å². The Hall–Kier alpha value is -2.70. The molecule has 1 unspecified atom stereocenters. The van der Waals surface area contributed by atoms with Crippen LogP contribution in [0.4, 0.5) is 4.39 Å². The molecule has 2 heterocycles. The topological polar surface area (TPSA) is 76.7 Å². The van der Waals surface area contributed by atoms with Gasteiger partial charge in [0.15, 0.2) is 0 Å². The van der Waals surface area contributed by atoms with Gasteiger partial charge in [0.25, 0.3) is 0 Å². The number of rotatable bonds is 9. The summed E-state index contributed by atoms with van der Waals surface area (Å²) in [7, 11) is 0. The van der Waals surface area contributed by atoms with E-state index in [9.17, 15) is 14.3 Å². The molecule has 5 rings (SSSR count). The maximum atomic E-state index is 13.4. The average Bonchev–Trinajstić information content (AvgIpc) is 3.60. The zero-order valence-electron chi connectivity index (χ0n) is 18.1. The van der Waals surface area contributed by atoms with Crippen LogP contribution in [0.3, 0.4) is 0 Å². The van der Waals surface area contributed by atoms with Crippen molar-refractivity contribution < 1.29 is 19.0 Å². The summed E-state index contributed by atoms with van der Waals surface area (Å²) in [6, 6.07) is 13.9. The normalized spacial score (nSPS) is 14.6. The van der Waals surface area contributed by atoms with Gasteiger partial charge in [0.05, 0.1) is 0 Å². The number of nitrogens with zero attached hydrogens (tertiary/aromatic N) is 3. The Morgan fingerprint density at radius 1 is 1.24 bits per heavy atom. The Kier molecular flexibility index (Phi) is 6.70. The van der Waals surface area contributed by atoms with Gasteiger partial charge in [0.2, 0.25) is 0 Å². The molecule has 1 radical (unpaired) electrons. The molecule has 1 aliphatic rings. The summed E-state index contributed by atoms with van der Waals surface area (Å²) >= 11 is 2.82. The molecule has 0 saturated heterocycles.